The van der Waals surface area contributed by atoms with Crippen LogP contribution in [0.25, 0.3) is 0 Å². The second kappa shape index (κ2) is 11.4. The smallest absolute Gasteiger partial charge is 0.239 e. The van der Waals surface area contributed by atoms with E-state index in [9.17, 15) is 4.79 Å². The quantitative estimate of drug-likeness (QED) is 0.280. The lowest BCUT2D eigenvalue weighted by Gasteiger charge is -2.12. The summed E-state index contributed by atoms with van der Waals surface area (Å²) in [4.78, 5) is 17.2. The van der Waals surface area contributed by atoms with Crippen LogP contribution in [0.4, 0.5) is 0 Å². The van der Waals surface area contributed by atoms with E-state index in [2.05, 4.69) is 20.9 Å². The summed E-state index contributed by atoms with van der Waals surface area (Å²) in [6.45, 7) is 1.43. The van der Waals surface area contributed by atoms with Crippen LogP contribution in [0.2, 0.25) is 5.02 Å². The molecule has 2 rings (SSSR count). The van der Waals surface area contributed by atoms with Gasteiger partial charge >= 0.3 is 0 Å². The van der Waals surface area contributed by atoms with Crippen molar-refractivity contribution in [3.05, 3.63) is 65.2 Å². The molecule has 0 unspecified atom stereocenters. The van der Waals surface area contributed by atoms with Crippen molar-refractivity contribution in [1.82, 2.24) is 16.0 Å². The molecule has 0 heterocycles. The standard InChI is InChI=1S/C19H23ClN4OS/c1-21-19(22-11-12-26-17-9-7-16(20)8-10-17)24-14-18(25)23-13-15-5-3-2-4-6-15/h2-10H,11-14H2,1H3,(H,23,25)(H2,21,22,24). The molecule has 2 aromatic carbocycles. The van der Waals surface area contributed by atoms with Gasteiger partial charge in [0.15, 0.2) is 5.96 Å². The highest BCUT2D eigenvalue weighted by molar-refractivity contribution is 7.99. The average Bonchev–Trinajstić information content (AvgIpc) is 2.68. The first kappa shape index (κ1) is 20.1. The van der Waals surface area contributed by atoms with Crippen molar-refractivity contribution in [2.24, 2.45) is 4.99 Å². The Hall–Kier alpha value is -2.18. The zero-order valence-electron chi connectivity index (χ0n) is 14.7. The Morgan fingerprint density at radius 2 is 1.77 bits per heavy atom. The van der Waals surface area contributed by atoms with Crippen molar-refractivity contribution in [2.45, 2.75) is 11.4 Å². The monoisotopic (exact) mass is 390 g/mol. The van der Waals surface area contributed by atoms with E-state index in [0.29, 0.717) is 12.5 Å². The Labute approximate surface area is 163 Å². The zero-order valence-corrected chi connectivity index (χ0v) is 16.2. The van der Waals surface area contributed by atoms with Gasteiger partial charge in [-0.15, -0.1) is 11.8 Å². The molecular formula is C19H23ClN4OS. The molecule has 0 fully saturated rings. The molecule has 0 saturated carbocycles. The Morgan fingerprint density at radius 3 is 2.46 bits per heavy atom. The van der Waals surface area contributed by atoms with E-state index < -0.39 is 0 Å². The van der Waals surface area contributed by atoms with E-state index in [0.717, 1.165) is 22.9 Å². The Kier molecular flexibility index (Phi) is 8.86. The van der Waals surface area contributed by atoms with E-state index in [1.54, 1.807) is 18.8 Å². The fraction of sp³-hybridized carbons (Fsp3) is 0.263. The highest BCUT2D eigenvalue weighted by atomic mass is 35.5. The number of nitrogens with zero attached hydrogens (tertiary/aromatic N) is 1. The molecule has 0 spiro atoms. The van der Waals surface area contributed by atoms with Crippen LogP contribution in [0.15, 0.2) is 64.5 Å². The summed E-state index contributed by atoms with van der Waals surface area (Å²) in [5, 5.41) is 9.82. The van der Waals surface area contributed by atoms with Gasteiger partial charge in [0.2, 0.25) is 5.91 Å². The van der Waals surface area contributed by atoms with Gasteiger partial charge in [0.05, 0.1) is 6.54 Å². The van der Waals surface area contributed by atoms with Crippen LogP contribution < -0.4 is 16.0 Å². The number of halogens is 1. The molecule has 2 aromatic rings. The van der Waals surface area contributed by atoms with E-state index in [4.69, 9.17) is 11.6 Å². The number of rotatable bonds is 8. The van der Waals surface area contributed by atoms with Crippen LogP contribution in [0.1, 0.15) is 5.56 Å². The molecule has 26 heavy (non-hydrogen) atoms. The molecule has 138 valence electrons. The molecule has 0 aromatic heterocycles. The highest BCUT2D eigenvalue weighted by Crippen LogP contribution is 2.19. The summed E-state index contributed by atoms with van der Waals surface area (Å²) in [6, 6.07) is 17.6. The molecule has 0 aliphatic rings. The summed E-state index contributed by atoms with van der Waals surface area (Å²) in [5.74, 6) is 1.41. The van der Waals surface area contributed by atoms with Gasteiger partial charge in [-0.2, -0.15) is 0 Å². The lowest BCUT2D eigenvalue weighted by Crippen LogP contribution is -2.43. The number of thioether (sulfide) groups is 1. The third-order valence-corrected chi connectivity index (χ3v) is 4.72. The van der Waals surface area contributed by atoms with Crippen LogP contribution in [0, 0.1) is 0 Å². The predicted octanol–water partition coefficient (Wildman–Crippen LogP) is 2.91. The summed E-state index contributed by atoms with van der Waals surface area (Å²) in [7, 11) is 1.68. The van der Waals surface area contributed by atoms with Gasteiger partial charge in [-0.25, -0.2) is 0 Å². The lowest BCUT2D eigenvalue weighted by atomic mass is 10.2. The number of carbonyl (C=O) groups excluding carboxylic acids is 1. The van der Waals surface area contributed by atoms with Crippen LogP contribution in [-0.4, -0.2) is 37.8 Å². The molecule has 0 aliphatic heterocycles. The van der Waals surface area contributed by atoms with Gasteiger partial charge in [-0.05, 0) is 29.8 Å². The van der Waals surface area contributed by atoms with Gasteiger partial charge < -0.3 is 16.0 Å². The van der Waals surface area contributed by atoms with E-state index in [-0.39, 0.29) is 12.5 Å². The van der Waals surface area contributed by atoms with Gasteiger partial charge in [-0.1, -0.05) is 41.9 Å². The number of hydrogen-bond acceptors (Lipinski definition) is 3. The molecule has 0 atom stereocenters. The maximum atomic E-state index is 11.9. The van der Waals surface area contributed by atoms with Crippen molar-refractivity contribution in [2.75, 3.05) is 25.9 Å². The van der Waals surface area contributed by atoms with Crippen molar-refractivity contribution in [3.8, 4) is 0 Å². The fourth-order valence-electron chi connectivity index (χ4n) is 2.11. The molecular weight excluding hydrogens is 368 g/mol. The largest absolute Gasteiger partial charge is 0.356 e. The summed E-state index contributed by atoms with van der Waals surface area (Å²) in [6.07, 6.45) is 0. The minimum absolute atomic E-state index is 0.0765. The summed E-state index contributed by atoms with van der Waals surface area (Å²) >= 11 is 7.60. The fourth-order valence-corrected chi connectivity index (χ4v) is 3.01. The molecule has 0 aliphatic carbocycles. The molecule has 5 nitrogen and oxygen atoms in total. The van der Waals surface area contributed by atoms with Gasteiger partial charge in [0.25, 0.3) is 0 Å². The minimum Gasteiger partial charge on any atom is -0.356 e. The van der Waals surface area contributed by atoms with Crippen LogP contribution in [0.3, 0.4) is 0 Å². The maximum absolute atomic E-state index is 11.9. The van der Waals surface area contributed by atoms with E-state index in [1.165, 1.54) is 4.90 Å². The number of benzene rings is 2. The number of hydrogen-bond donors (Lipinski definition) is 3. The van der Waals surface area contributed by atoms with Gasteiger partial charge in [0.1, 0.15) is 0 Å². The second-order valence-electron chi connectivity index (χ2n) is 5.42. The molecule has 0 bridgehead atoms. The third kappa shape index (κ3) is 7.80. The van der Waals surface area contributed by atoms with E-state index >= 15 is 0 Å². The number of guanidine groups is 1. The number of aliphatic imine (C=N–C) groups is 1. The summed E-state index contributed by atoms with van der Waals surface area (Å²) in [5.41, 5.74) is 1.07. The molecule has 1 amide bonds. The number of amides is 1. The van der Waals surface area contributed by atoms with Crippen molar-refractivity contribution < 1.29 is 4.79 Å². The first-order valence-electron chi connectivity index (χ1n) is 8.31. The molecule has 3 N–H and O–H groups in total. The number of nitrogens with one attached hydrogen (secondary N) is 3. The van der Waals surface area contributed by atoms with Gasteiger partial charge in [0, 0.05) is 35.8 Å². The van der Waals surface area contributed by atoms with Crippen molar-refractivity contribution in [1.29, 1.82) is 0 Å². The molecule has 0 saturated heterocycles. The SMILES string of the molecule is CN=C(NCCSc1ccc(Cl)cc1)NCC(=O)NCc1ccccc1. The van der Waals surface area contributed by atoms with Crippen LogP contribution in [0.5, 0.6) is 0 Å². The summed E-state index contributed by atoms with van der Waals surface area (Å²) < 4.78 is 0. The first-order chi connectivity index (χ1) is 12.7. The number of carbonyl (C=O) groups is 1. The van der Waals surface area contributed by atoms with Crippen LogP contribution in [-0.2, 0) is 11.3 Å². The first-order valence-corrected chi connectivity index (χ1v) is 9.67. The normalized spacial score (nSPS) is 11.1. The second-order valence-corrected chi connectivity index (χ2v) is 7.02. The minimum atomic E-state index is -0.0765. The average molecular weight is 391 g/mol. The maximum Gasteiger partial charge on any atom is 0.239 e. The topological polar surface area (TPSA) is 65.5 Å². The zero-order chi connectivity index (χ0) is 18.6. The predicted molar refractivity (Wildman–Crippen MR) is 110 cm³/mol. The molecule has 7 heteroatoms. The Balaban J connectivity index is 1.61. The van der Waals surface area contributed by atoms with Crippen molar-refractivity contribution in [3.63, 3.8) is 0 Å². The Morgan fingerprint density at radius 1 is 1.04 bits per heavy atom. The molecule has 0 radical (unpaired) electrons. The third-order valence-electron chi connectivity index (χ3n) is 3.45. The lowest BCUT2D eigenvalue weighted by molar-refractivity contribution is -0.120. The van der Waals surface area contributed by atoms with Gasteiger partial charge in [-0.3, -0.25) is 9.79 Å². The highest BCUT2D eigenvalue weighted by Gasteiger charge is 2.03. The van der Waals surface area contributed by atoms with E-state index in [1.807, 2.05) is 54.6 Å². The Bertz CT molecular complexity index is 707. The van der Waals surface area contributed by atoms with Crippen LogP contribution >= 0.6 is 23.4 Å². The van der Waals surface area contributed by atoms with Crippen molar-refractivity contribution >= 4 is 35.2 Å².